The summed E-state index contributed by atoms with van der Waals surface area (Å²) in [5.74, 6) is 0.354. The highest BCUT2D eigenvalue weighted by Gasteiger charge is 2.15. The van der Waals surface area contributed by atoms with Crippen molar-refractivity contribution in [2.24, 2.45) is 4.99 Å². The number of carbonyl (C=O) groups excluding carboxylic acids is 1. The monoisotopic (exact) mass is 530 g/mol. The summed E-state index contributed by atoms with van der Waals surface area (Å²) in [5.41, 5.74) is 11.7. The van der Waals surface area contributed by atoms with Crippen LogP contribution >= 0.6 is 11.6 Å². The van der Waals surface area contributed by atoms with Gasteiger partial charge in [0.2, 0.25) is 0 Å². The number of allylic oxidation sites excluding steroid dienone is 1. The van der Waals surface area contributed by atoms with Gasteiger partial charge in [0.25, 0.3) is 5.91 Å². The van der Waals surface area contributed by atoms with Gasteiger partial charge in [-0.3, -0.25) is 14.8 Å². The minimum atomic E-state index is -0.472. The molecule has 10 nitrogen and oxygen atoms in total. The van der Waals surface area contributed by atoms with Crippen molar-refractivity contribution >= 4 is 41.8 Å². The van der Waals surface area contributed by atoms with Crippen molar-refractivity contribution in [1.82, 2.24) is 30.5 Å². The molecule has 1 amide bonds. The largest absolute Gasteiger partial charge is 0.384 e. The highest BCUT2D eigenvalue weighted by Crippen LogP contribution is 2.26. The van der Waals surface area contributed by atoms with Gasteiger partial charge in [-0.2, -0.15) is 5.10 Å². The van der Waals surface area contributed by atoms with Crippen molar-refractivity contribution < 1.29 is 4.79 Å². The van der Waals surface area contributed by atoms with E-state index in [1.807, 2.05) is 38.1 Å². The normalized spacial score (nSPS) is 11.4. The fraction of sp³-hybridized carbons (Fsp3) is 0.185. The number of carbonyl (C=O) groups is 1. The fourth-order valence-corrected chi connectivity index (χ4v) is 4.26. The minimum absolute atomic E-state index is 0.230. The number of pyridine rings is 2. The summed E-state index contributed by atoms with van der Waals surface area (Å²) in [4.78, 5) is 40.5. The van der Waals surface area contributed by atoms with E-state index in [0.717, 1.165) is 27.9 Å². The summed E-state index contributed by atoms with van der Waals surface area (Å²) >= 11 is 6.09. The molecular weight excluding hydrogens is 504 g/mol. The first-order valence-corrected chi connectivity index (χ1v) is 12.1. The first-order valence-electron chi connectivity index (χ1n) is 11.7. The van der Waals surface area contributed by atoms with Crippen LogP contribution in [0.3, 0.4) is 0 Å². The smallest absolute Gasteiger partial charge is 0.340 e. The van der Waals surface area contributed by atoms with E-state index in [-0.39, 0.29) is 18.3 Å². The lowest BCUT2D eigenvalue weighted by molar-refractivity contribution is 0.0950. The minimum Gasteiger partial charge on any atom is -0.384 e. The lowest BCUT2D eigenvalue weighted by atomic mass is 10.0. The first kappa shape index (κ1) is 26.5. The van der Waals surface area contributed by atoms with Crippen molar-refractivity contribution in [2.45, 2.75) is 33.7 Å². The molecule has 0 atom stereocenters. The summed E-state index contributed by atoms with van der Waals surface area (Å²) in [6, 6.07) is 10.8. The average Bonchev–Trinajstić information content (AvgIpc) is 3.29. The molecule has 11 heteroatoms. The number of aromatic nitrogens is 5. The Balaban J connectivity index is 1.68. The molecule has 0 spiro atoms. The van der Waals surface area contributed by atoms with Crippen LogP contribution < -0.4 is 16.7 Å². The molecule has 1 aromatic carbocycles. The van der Waals surface area contributed by atoms with E-state index >= 15 is 0 Å². The molecule has 0 aliphatic rings. The zero-order chi connectivity index (χ0) is 27.4. The molecular formula is C27H27ClN8O2. The van der Waals surface area contributed by atoms with Crippen LogP contribution in [0.1, 0.15) is 50.9 Å². The zero-order valence-corrected chi connectivity index (χ0v) is 22.0. The van der Waals surface area contributed by atoms with Crippen molar-refractivity contribution in [3.63, 3.8) is 0 Å². The Labute approximate surface area is 224 Å². The number of nitrogens with one attached hydrogen (secondary N) is 3. The van der Waals surface area contributed by atoms with E-state index in [0.29, 0.717) is 39.9 Å². The van der Waals surface area contributed by atoms with E-state index in [1.165, 1.54) is 0 Å². The maximum Gasteiger partial charge on any atom is 0.340 e. The molecule has 194 valence electrons. The molecule has 3 aromatic heterocycles. The third kappa shape index (κ3) is 6.22. The third-order valence-corrected chi connectivity index (χ3v) is 6.00. The Hall–Kier alpha value is -4.57. The zero-order valence-electron chi connectivity index (χ0n) is 21.2. The van der Waals surface area contributed by atoms with Crippen LogP contribution in [0.5, 0.6) is 0 Å². The van der Waals surface area contributed by atoms with Crippen LogP contribution in [0.15, 0.2) is 51.2 Å². The topological polar surface area (TPSA) is 155 Å². The molecule has 0 bridgehead atoms. The Morgan fingerprint density at radius 3 is 2.66 bits per heavy atom. The first-order chi connectivity index (χ1) is 18.1. The Bertz CT molecular complexity index is 1590. The number of hydrogen-bond acceptors (Lipinski definition) is 7. The van der Waals surface area contributed by atoms with Crippen molar-refractivity contribution in [1.29, 1.82) is 0 Å². The van der Waals surface area contributed by atoms with Gasteiger partial charge in [-0.05, 0) is 80.6 Å². The quantitative estimate of drug-likeness (QED) is 0.250. The van der Waals surface area contributed by atoms with E-state index in [1.54, 1.807) is 25.1 Å². The number of aliphatic imine (C=N–C) groups is 1. The number of nitrogen functional groups attached to an aromatic ring is 1. The number of halogens is 1. The predicted octanol–water partition coefficient (Wildman–Crippen LogP) is 4.21. The summed E-state index contributed by atoms with van der Waals surface area (Å²) in [5, 5.41) is 9.87. The lowest BCUT2D eigenvalue weighted by Gasteiger charge is -2.13. The number of hydrogen-bond donors (Lipinski definition) is 4. The highest BCUT2D eigenvalue weighted by atomic mass is 35.5. The molecule has 0 radical (unpaired) electrons. The van der Waals surface area contributed by atoms with E-state index in [4.69, 9.17) is 17.3 Å². The second-order valence-electron chi connectivity index (χ2n) is 8.83. The average molecular weight is 531 g/mol. The molecule has 3 heterocycles. The molecule has 4 aromatic rings. The number of anilines is 1. The van der Waals surface area contributed by atoms with Gasteiger partial charge >= 0.3 is 5.69 Å². The molecule has 0 fully saturated rings. The number of aromatic amines is 2. The van der Waals surface area contributed by atoms with Gasteiger partial charge in [0, 0.05) is 40.5 Å². The van der Waals surface area contributed by atoms with Crippen LogP contribution in [-0.4, -0.2) is 37.8 Å². The maximum atomic E-state index is 13.2. The van der Waals surface area contributed by atoms with Gasteiger partial charge in [0.15, 0.2) is 5.82 Å². The second-order valence-corrected chi connectivity index (χ2v) is 9.42. The number of H-pyrrole nitrogens is 2. The number of benzene rings is 1. The van der Waals surface area contributed by atoms with Crippen LogP contribution in [0.2, 0.25) is 0 Å². The van der Waals surface area contributed by atoms with E-state index < -0.39 is 5.69 Å². The maximum absolute atomic E-state index is 13.2. The molecule has 0 saturated heterocycles. The van der Waals surface area contributed by atoms with Crippen molar-refractivity contribution in [2.75, 3.05) is 5.73 Å². The summed E-state index contributed by atoms with van der Waals surface area (Å²) < 4.78 is 0. The summed E-state index contributed by atoms with van der Waals surface area (Å²) in [7, 11) is 0. The van der Waals surface area contributed by atoms with Crippen LogP contribution in [0.25, 0.3) is 17.6 Å². The molecule has 38 heavy (non-hydrogen) atoms. The second kappa shape index (κ2) is 11.2. The number of rotatable bonds is 8. The third-order valence-electron chi connectivity index (χ3n) is 5.89. The van der Waals surface area contributed by atoms with Crippen molar-refractivity contribution in [3.8, 4) is 11.5 Å². The Kier molecular flexibility index (Phi) is 7.82. The number of amides is 1. The van der Waals surface area contributed by atoms with Crippen molar-refractivity contribution in [3.05, 3.63) is 91.1 Å². The van der Waals surface area contributed by atoms with Gasteiger partial charge in [0.1, 0.15) is 11.5 Å². The Morgan fingerprint density at radius 1 is 1.21 bits per heavy atom. The molecule has 0 aliphatic carbocycles. The van der Waals surface area contributed by atoms with Gasteiger partial charge < -0.3 is 11.1 Å². The predicted molar refractivity (Wildman–Crippen MR) is 150 cm³/mol. The standard InChI is InChI=1S/C27H27ClN8O2/c1-14-7-24(29)32-16(3)21(14)13-31-26(37)19-11-20(33-23(12-19)25-34-27(38)36-35-25)10-17-5-6-22(30-4)18(9-17)8-15(2)28/h5-9,11-12H,4,10,13H2,1-3H3,(H2,29,32)(H,31,37)(H2,34,35,36,38)/b15-8+. The fourth-order valence-electron chi connectivity index (χ4n) is 4.14. The van der Waals surface area contributed by atoms with Crippen LogP contribution in [0, 0.1) is 13.8 Å². The SMILES string of the molecule is C=Nc1ccc(Cc2cc(C(=O)NCc3c(C)cc(N)nc3C)cc(-c3n[nH]c(=O)[nH]3)n2)cc1/C=C(\C)Cl. The lowest BCUT2D eigenvalue weighted by Crippen LogP contribution is -2.24. The van der Waals surface area contributed by atoms with Gasteiger partial charge in [0.05, 0.1) is 5.69 Å². The number of nitrogens with zero attached hydrogens (tertiary/aromatic N) is 4. The van der Waals surface area contributed by atoms with E-state index in [2.05, 4.69) is 42.2 Å². The summed E-state index contributed by atoms with van der Waals surface area (Å²) in [6.45, 7) is 9.45. The van der Waals surface area contributed by atoms with Gasteiger partial charge in [-0.15, -0.1) is 0 Å². The van der Waals surface area contributed by atoms with Gasteiger partial charge in [-0.1, -0.05) is 17.7 Å². The van der Waals surface area contributed by atoms with Gasteiger partial charge in [-0.25, -0.2) is 19.9 Å². The molecule has 0 unspecified atom stereocenters. The number of nitrogens with two attached hydrogens (primary N) is 1. The molecule has 4 rings (SSSR count). The molecule has 0 saturated carbocycles. The van der Waals surface area contributed by atoms with E-state index in [9.17, 15) is 9.59 Å². The molecule has 5 N–H and O–H groups in total. The summed E-state index contributed by atoms with van der Waals surface area (Å²) in [6.07, 6.45) is 2.21. The van der Waals surface area contributed by atoms with Crippen LogP contribution in [-0.2, 0) is 13.0 Å². The van der Waals surface area contributed by atoms with Crippen LogP contribution in [0.4, 0.5) is 11.5 Å². The highest BCUT2D eigenvalue weighted by molar-refractivity contribution is 6.31. The number of aryl methyl sites for hydroxylation is 2. The molecule has 0 aliphatic heterocycles. The Morgan fingerprint density at radius 2 is 2.00 bits per heavy atom.